The fourth-order valence-corrected chi connectivity index (χ4v) is 9.65. The smallest absolute Gasteiger partial charge is 0.472 e. The molecule has 0 saturated carbocycles. The van der Waals surface area contributed by atoms with Gasteiger partial charge >= 0.3 is 19.5 Å². The van der Waals surface area contributed by atoms with E-state index in [1.165, 1.54) is 67.7 Å². The molecular formula is C44H46N5O17PS. The zero-order chi connectivity index (χ0) is 48.9. The second-order valence-electron chi connectivity index (χ2n) is 16.0. The van der Waals surface area contributed by atoms with Crippen LogP contribution < -0.4 is 27.5 Å². The van der Waals surface area contributed by atoms with Crippen molar-refractivity contribution in [3.63, 3.8) is 0 Å². The number of aromatic carboxylic acids is 1. The number of phenolic OH excluding ortho intramolecular Hbond substituents is 1. The van der Waals surface area contributed by atoms with E-state index in [4.69, 9.17) is 18.2 Å². The summed E-state index contributed by atoms with van der Waals surface area (Å²) >= 11 is 1.08. The van der Waals surface area contributed by atoms with Crippen LogP contribution in [0.25, 0.3) is 33.4 Å². The highest BCUT2D eigenvalue weighted by molar-refractivity contribution is 8.00. The molecule has 3 aliphatic heterocycles. The molecule has 2 unspecified atom stereocenters. The van der Waals surface area contributed by atoms with Crippen LogP contribution in [0.3, 0.4) is 0 Å². The Kier molecular flexibility index (Phi) is 15.4. The van der Waals surface area contributed by atoms with Crippen molar-refractivity contribution in [2.24, 2.45) is 0 Å². The van der Waals surface area contributed by atoms with Crippen molar-refractivity contribution in [1.29, 1.82) is 0 Å². The van der Waals surface area contributed by atoms with Crippen LogP contribution in [0.4, 0.5) is 0 Å². The number of aryl methyl sites for hydroxylation is 1. The van der Waals surface area contributed by atoms with Crippen LogP contribution >= 0.6 is 19.6 Å². The highest BCUT2D eigenvalue weighted by Gasteiger charge is 2.40. The molecule has 22 nitrogen and oxygen atoms in total. The molecule has 0 radical (unpaired) electrons. The lowest BCUT2D eigenvalue weighted by atomic mass is 9.89. The molecule has 5 atom stereocenters. The zero-order valence-electron chi connectivity index (χ0n) is 36.2. The number of hydrogen-bond donors (Lipinski definition) is 7. The predicted molar refractivity (Wildman–Crippen MR) is 242 cm³/mol. The number of aromatic nitrogens is 2. The van der Waals surface area contributed by atoms with Gasteiger partial charge in [-0.15, -0.1) is 11.8 Å². The topological polar surface area (TPSA) is 323 Å². The number of likely N-dealkylation sites (tertiary alicyclic amines) is 1. The summed E-state index contributed by atoms with van der Waals surface area (Å²) < 4.78 is 35.1. The number of fused-ring (bicyclic) bond motifs is 2. The number of carbonyl (C=O) groups excluding carboxylic acids is 4. The van der Waals surface area contributed by atoms with Gasteiger partial charge in [0.1, 0.15) is 29.4 Å². The summed E-state index contributed by atoms with van der Waals surface area (Å²) in [4.78, 5) is 113. The van der Waals surface area contributed by atoms with Crippen molar-refractivity contribution in [2.45, 2.75) is 75.6 Å². The number of aliphatic hydroxyl groups excluding tert-OH is 1. The molecular weight excluding hydrogens is 934 g/mol. The Morgan fingerprint density at radius 2 is 1.74 bits per heavy atom. The van der Waals surface area contributed by atoms with E-state index in [1.54, 1.807) is 0 Å². The van der Waals surface area contributed by atoms with Crippen LogP contribution in [-0.4, -0.2) is 107 Å². The third kappa shape index (κ3) is 11.6. The summed E-state index contributed by atoms with van der Waals surface area (Å²) in [6.07, 6.45) is 0.0472. The summed E-state index contributed by atoms with van der Waals surface area (Å²) in [6.45, 7) is 0.794. The van der Waals surface area contributed by atoms with Crippen LogP contribution in [0.15, 0.2) is 79.6 Å². The fraction of sp³-hybridized carbons (Fsp3) is 0.364. The standard InChI is InChI=1S/C44H46N5O17PS/c1-23-21-49(44(60)45-40(23)55)38-19-31(52)34(66-38)22-64-67(61,62)63-14-15-68-35-20-37(54)48(42(35)57)13-5-3-2-4-6-36(53)46-47-41(56)24-7-10-27(43(58)59)30(16-24)39-28-11-8-25(50)17-32(28)65-33-18-26(51)9-12-29(33)39/h7-12,16-18,21,31,34-35,38,50,52H,2-6,13-15,19-20,22H2,1H3,(H,46,53)(H,47,56)(H,58,59)(H,61,62)(H,45,55,60)/t31-,34-,35?,38-/m1/s1. The third-order valence-electron chi connectivity index (χ3n) is 11.2. The maximum absolute atomic E-state index is 13.2. The van der Waals surface area contributed by atoms with Gasteiger partial charge in [0.2, 0.25) is 17.7 Å². The van der Waals surface area contributed by atoms with Gasteiger partial charge in [-0.25, -0.2) is 14.2 Å². The lowest BCUT2D eigenvalue weighted by Crippen LogP contribution is -2.41. The number of aromatic amines is 1. The minimum Gasteiger partial charge on any atom is -0.508 e. The lowest BCUT2D eigenvalue weighted by molar-refractivity contribution is -0.138. The van der Waals surface area contributed by atoms with Crippen molar-refractivity contribution in [3.05, 3.63) is 109 Å². The Morgan fingerprint density at radius 1 is 0.956 bits per heavy atom. The second kappa shape index (κ2) is 21.2. The number of nitrogens with zero attached hydrogens (tertiary/aromatic N) is 2. The van der Waals surface area contributed by atoms with Gasteiger partial charge in [-0.3, -0.25) is 63.1 Å². The molecule has 4 amide bonds. The van der Waals surface area contributed by atoms with E-state index in [0.29, 0.717) is 42.2 Å². The molecule has 360 valence electrons. The molecule has 24 heteroatoms. The summed E-state index contributed by atoms with van der Waals surface area (Å²) in [7, 11) is -4.63. The number of hydrazine groups is 1. The first-order valence-electron chi connectivity index (χ1n) is 21.3. The maximum atomic E-state index is 13.2. The number of hydrogen-bond acceptors (Lipinski definition) is 16. The number of H-pyrrole nitrogens is 1. The maximum Gasteiger partial charge on any atom is 0.472 e. The molecule has 7 rings (SSSR count). The number of carbonyl (C=O) groups is 5. The van der Waals surface area contributed by atoms with Gasteiger partial charge in [0.25, 0.3) is 11.5 Å². The van der Waals surface area contributed by atoms with Gasteiger partial charge in [0, 0.05) is 77.5 Å². The molecule has 2 saturated heterocycles. The molecule has 1 aromatic heterocycles. The Hall–Kier alpha value is -6.46. The van der Waals surface area contributed by atoms with Gasteiger partial charge in [0.15, 0.2) is 5.43 Å². The van der Waals surface area contributed by atoms with Gasteiger partial charge in [-0.1, -0.05) is 12.8 Å². The van der Waals surface area contributed by atoms with Gasteiger partial charge in [0.05, 0.1) is 30.1 Å². The van der Waals surface area contributed by atoms with Crippen molar-refractivity contribution in [2.75, 3.05) is 25.5 Å². The van der Waals surface area contributed by atoms with Crippen LogP contribution in [-0.2, 0) is 32.7 Å². The van der Waals surface area contributed by atoms with E-state index < -0.39 is 73.1 Å². The quantitative estimate of drug-likeness (QED) is 0.0205. The first kappa shape index (κ1) is 49.4. The van der Waals surface area contributed by atoms with Crippen LogP contribution in [0.5, 0.6) is 5.75 Å². The van der Waals surface area contributed by atoms with Gasteiger partial charge < -0.3 is 29.4 Å². The number of phenols is 1. The zero-order valence-corrected chi connectivity index (χ0v) is 37.9. The van der Waals surface area contributed by atoms with E-state index in [0.717, 1.165) is 21.2 Å². The van der Waals surface area contributed by atoms with Crippen molar-refractivity contribution in [3.8, 4) is 28.2 Å². The minimum atomic E-state index is -4.63. The highest BCUT2D eigenvalue weighted by Crippen LogP contribution is 2.45. The minimum absolute atomic E-state index is 0.0119. The number of unbranched alkanes of at least 4 members (excludes halogenated alkanes) is 3. The molecule has 7 N–H and O–H groups in total. The number of imide groups is 1. The van der Waals surface area contributed by atoms with Crippen LogP contribution in [0.1, 0.15) is 77.5 Å². The Bertz CT molecular complexity index is 2970. The number of nitrogens with one attached hydrogen (secondary N) is 3. The van der Waals surface area contributed by atoms with Gasteiger partial charge in [-0.2, -0.15) is 0 Å². The fourth-order valence-electron chi connectivity index (χ4n) is 7.80. The second-order valence-corrected chi connectivity index (χ2v) is 18.8. The third-order valence-corrected chi connectivity index (χ3v) is 13.4. The number of thioether (sulfide) groups is 1. The molecule has 4 heterocycles. The number of ether oxygens (including phenoxy) is 1. The van der Waals surface area contributed by atoms with Crippen LogP contribution in [0, 0.1) is 6.92 Å². The van der Waals surface area contributed by atoms with Crippen LogP contribution in [0.2, 0.25) is 0 Å². The number of rotatable bonds is 19. The Morgan fingerprint density at radius 3 is 2.51 bits per heavy atom. The number of phosphoric ester groups is 1. The molecule has 3 aromatic rings. The largest absolute Gasteiger partial charge is 0.508 e. The summed E-state index contributed by atoms with van der Waals surface area (Å²) in [6, 6.07) is 12.1. The van der Waals surface area contributed by atoms with E-state index >= 15 is 0 Å². The molecule has 0 spiro atoms. The molecule has 2 fully saturated rings. The number of aliphatic hydroxyl groups is 1. The highest BCUT2D eigenvalue weighted by atomic mass is 32.2. The molecule has 68 heavy (non-hydrogen) atoms. The number of aromatic hydroxyl groups is 1. The lowest BCUT2D eigenvalue weighted by Gasteiger charge is -2.18. The average Bonchev–Trinajstić information content (AvgIpc) is 3.80. The number of benzene rings is 3. The SMILES string of the molecule is Cc1cn([C@H]2C[C@@H](O)[C@@H](COP(=O)(O)OCCSC3CC(=O)N(CCCCCCC(=O)NNC(=O)c4ccc(C(=O)O)c(-c5c6ccc(=O)cc-6oc6cc(O)ccc56)c4)C3=O)O2)c(=O)[nH]c1=O. The van der Waals surface area contributed by atoms with E-state index in [1.807, 2.05) is 0 Å². The Balaban J connectivity index is 0.805. The summed E-state index contributed by atoms with van der Waals surface area (Å²) in [5, 5.41) is 30.2. The molecule has 2 aromatic carbocycles. The van der Waals surface area contributed by atoms with Gasteiger partial charge in [-0.05, 0) is 67.8 Å². The molecule has 4 aliphatic rings. The average molecular weight is 980 g/mol. The van der Waals surface area contributed by atoms with E-state index in [9.17, 15) is 63.1 Å². The first-order chi connectivity index (χ1) is 32.4. The normalized spacial score (nSPS) is 19.1. The number of phosphoric acid groups is 1. The van der Waals surface area contributed by atoms with E-state index in [2.05, 4.69) is 15.8 Å². The van der Waals surface area contributed by atoms with E-state index in [-0.39, 0.29) is 88.8 Å². The number of amides is 4. The summed E-state index contributed by atoms with van der Waals surface area (Å²) in [5.41, 5.74) is 4.13. The Labute approximate surface area is 389 Å². The molecule has 0 bridgehead atoms. The van der Waals surface area contributed by atoms with Crippen molar-refractivity contribution < 1.29 is 67.0 Å². The predicted octanol–water partition coefficient (Wildman–Crippen LogP) is 3.18. The van der Waals surface area contributed by atoms with Crippen molar-refractivity contribution in [1.82, 2.24) is 25.3 Å². The first-order valence-corrected chi connectivity index (χ1v) is 23.8. The molecule has 1 aliphatic carbocycles. The monoisotopic (exact) mass is 979 g/mol. The summed E-state index contributed by atoms with van der Waals surface area (Å²) in [5.74, 6) is -3.22. The van der Waals surface area contributed by atoms with Crippen molar-refractivity contribution >= 4 is 60.2 Å². The number of carboxylic acid groups (broad SMARTS) is 1. The number of carboxylic acids is 1.